The average Bonchev–Trinajstić information content (AvgIpc) is 2.32. The zero-order chi connectivity index (χ0) is 9.35. The summed E-state index contributed by atoms with van der Waals surface area (Å²) in [5, 5.41) is 2.47. The van der Waals surface area contributed by atoms with Gasteiger partial charge in [-0.2, -0.15) is 4.98 Å². The third-order valence-electron chi connectivity index (χ3n) is 1.45. The van der Waals surface area contributed by atoms with Gasteiger partial charge in [-0.1, -0.05) is 0 Å². The van der Waals surface area contributed by atoms with Crippen molar-refractivity contribution < 1.29 is 12.9 Å². The average molecular weight is 191 g/mol. The predicted octanol–water partition coefficient (Wildman–Crippen LogP) is -0.243. The third-order valence-corrected chi connectivity index (χ3v) is 2.93. The van der Waals surface area contributed by atoms with Crippen molar-refractivity contribution in [1.82, 2.24) is 10.1 Å². The maximum Gasteiger partial charge on any atom is 0.260 e. The molecule has 1 atom stereocenters. The van der Waals surface area contributed by atoms with Gasteiger partial charge in [0.15, 0.2) is 9.84 Å². The SMILES string of the molecule is CC(c1nc(N)no1)S(C)(=O)=O. The van der Waals surface area contributed by atoms with Gasteiger partial charge in [-0.15, -0.1) is 0 Å². The van der Waals surface area contributed by atoms with Crippen molar-refractivity contribution in [2.45, 2.75) is 12.2 Å². The van der Waals surface area contributed by atoms with E-state index in [1.165, 1.54) is 6.92 Å². The van der Waals surface area contributed by atoms with E-state index >= 15 is 0 Å². The molecule has 0 amide bonds. The Bertz CT molecular complexity index is 369. The van der Waals surface area contributed by atoms with Gasteiger partial charge < -0.3 is 10.3 Å². The van der Waals surface area contributed by atoms with Crippen LogP contribution >= 0.6 is 0 Å². The number of nitrogens with zero attached hydrogens (tertiary/aromatic N) is 2. The van der Waals surface area contributed by atoms with Gasteiger partial charge in [0.1, 0.15) is 5.25 Å². The Kier molecular flexibility index (Phi) is 2.05. The zero-order valence-electron chi connectivity index (χ0n) is 6.68. The summed E-state index contributed by atoms with van der Waals surface area (Å²) in [5.41, 5.74) is 5.15. The fraction of sp³-hybridized carbons (Fsp3) is 0.600. The van der Waals surface area contributed by atoms with E-state index in [0.717, 1.165) is 6.26 Å². The van der Waals surface area contributed by atoms with Crippen LogP contribution in [-0.4, -0.2) is 24.8 Å². The largest absolute Gasteiger partial charge is 0.365 e. The first kappa shape index (κ1) is 8.98. The summed E-state index contributed by atoms with van der Waals surface area (Å²) < 4.78 is 26.5. The van der Waals surface area contributed by atoms with Crippen molar-refractivity contribution in [3.63, 3.8) is 0 Å². The topological polar surface area (TPSA) is 99.1 Å². The fourth-order valence-corrected chi connectivity index (χ4v) is 1.06. The number of hydrogen-bond donors (Lipinski definition) is 1. The monoisotopic (exact) mass is 191 g/mol. The van der Waals surface area contributed by atoms with Crippen LogP contribution in [0.15, 0.2) is 4.52 Å². The number of nitrogens with two attached hydrogens (primary N) is 1. The van der Waals surface area contributed by atoms with E-state index in [0.29, 0.717) is 0 Å². The maximum absolute atomic E-state index is 11.0. The van der Waals surface area contributed by atoms with Gasteiger partial charge in [-0.3, -0.25) is 0 Å². The van der Waals surface area contributed by atoms with Crippen molar-refractivity contribution in [2.75, 3.05) is 12.0 Å². The minimum Gasteiger partial charge on any atom is -0.365 e. The molecule has 0 spiro atoms. The summed E-state index contributed by atoms with van der Waals surface area (Å²) in [6.07, 6.45) is 1.10. The number of hydrogen-bond acceptors (Lipinski definition) is 6. The second-order valence-electron chi connectivity index (χ2n) is 2.46. The van der Waals surface area contributed by atoms with E-state index in [-0.39, 0.29) is 11.8 Å². The van der Waals surface area contributed by atoms with Gasteiger partial charge in [0.2, 0.25) is 5.89 Å². The second kappa shape index (κ2) is 2.74. The lowest BCUT2D eigenvalue weighted by Gasteiger charge is -2.00. The van der Waals surface area contributed by atoms with Gasteiger partial charge in [-0.05, 0) is 12.1 Å². The zero-order valence-corrected chi connectivity index (χ0v) is 7.50. The van der Waals surface area contributed by atoms with Crippen LogP contribution in [0.25, 0.3) is 0 Å². The Balaban J connectivity index is 3.01. The number of anilines is 1. The molecule has 0 aromatic carbocycles. The van der Waals surface area contributed by atoms with Gasteiger partial charge in [-0.25, -0.2) is 8.42 Å². The highest BCUT2D eigenvalue weighted by atomic mass is 32.2. The summed E-state index contributed by atoms with van der Waals surface area (Å²) >= 11 is 0. The van der Waals surface area contributed by atoms with Crippen molar-refractivity contribution in [3.8, 4) is 0 Å². The molecule has 0 bridgehead atoms. The Hall–Kier alpha value is -1.11. The van der Waals surface area contributed by atoms with Crippen molar-refractivity contribution in [3.05, 3.63) is 5.89 Å². The molecule has 0 aliphatic carbocycles. The Labute approximate surface area is 69.7 Å². The molecule has 0 fully saturated rings. The van der Waals surface area contributed by atoms with Crippen molar-refractivity contribution in [1.29, 1.82) is 0 Å². The maximum atomic E-state index is 11.0. The van der Waals surface area contributed by atoms with Gasteiger partial charge in [0.05, 0.1) is 0 Å². The quantitative estimate of drug-likeness (QED) is 0.692. The number of sulfone groups is 1. The van der Waals surface area contributed by atoms with Crippen LogP contribution in [0.1, 0.15) is 18.1 Å². The Morgan fingerprint density at radius 1 is 1.58 bits per heavy atom. The molecule has 2 N–H and O–H groups in total. The molecule has 1 aromatic rings. The summed E-state index contributed by atoms with van der Waals surface area (Å²) in [5.74, 6) is -0.0319. The van der Waals surface area contributed by atoms with E-state index in [9.17, 15) is 8.42 Å². The molecule has 68 valence electrons. The van der Waals surface area contributed by atoms with Crippen LogP contribution in [0.5, 0.6) is 0 Å². The summed E-state index contributed by atoms with van der Waals surface area (Å²) in [7, 11) is -3.19. The standard InChI is InChI=1S/C5H9N3O3S/c1-3(12(2,9)10)4-7-5(6)8-11-4/h3H,1-2H3,(H2,6,8). The van der Waals surface area contributed by atoms with Crippen molar-refractivity contribution >= 4 is 15.8 Å². The normalized spacial score (nSPS) is 14.5. The predicted molar refractivity (Wildman–Crippen MR) is 42.0 cm³/mol. The molecular weight excluding hydrogens is 182 g/mol. The number of rotatable bonds is 2. The van der Waals surface area contributed by atoms with E-state index in [1.807, 2.05) is 0 Å². The van der Waals surface area contributed by atoms with E-state index in [2.05, 4.69) is 14.7 Å². The van der Waals surface area contributed by atoms with Crippen LogP contribution < -0.4 is 5.73 Å². The molecule has 12 heavy (non-hydrogen) atoms. The highest BCUT2D eigenvalue weighted by molar-refractivity contribution is 7.90. The summed E-state index contributed by atoms with van der Waals surface area (Å²) in [4.78, 5) is 3.60. The first-order valence-corrected chi connectivity index (χ1v) is 5.14. The van der Waals surface area contributed by atoms with E-state index in [4.69, 9.17) is 5.73 Å². The minimum atomic E-state index is -3.19. The molecule has 0 radical (unpaired) electrons. The summed E-state index contributed by atoms with van der Waals surface area (Å²) in [6, 6.07) is 0. The van der Waals surface area contributed by atoms with Crippen LogP contribution in [0, 0.1) is 0 Å². The molecular formula is C5H9N3O3S. The molecule has 0 saturated heterocycles. The molecule has 1 rings (SSSR count). The minimum absolute atomic E-state index is 0.0231. The van der Waals surface area contributed by atoms with E-state index in [1.54, 1.807) is 0 Å². The van der Waals surface area contributed by atoms with Gasteiger partial charge in [0, 0.05) is 6.26 Å². The molecule has 1 heterocycles. The fourth-order valence-electron chi connectivity index (χ4n) is 0.596. The molecule has 7 heteroatoms. The smallest absolute Gasteiger partial charge is 0.260 e. The summed E-state index contributed by atoms with van der Waals surface area (Å²) in [6.45, 7) is 1.46. The molecule has 0 aliphatic rings. The number of aromatic nitrogens is 2. The van der Waals surface area contributed by atoms with Gasteiger partial charge in [0.25, 0.3) is 5.95 Å². The highest BCUT2D eigenvalue weighted by Crippen LogP contribution is 2.18. The molecule has 0 saturated carbocycles. The van der Waals surface area contributed by atoms with Crippen LogP contribution in [0.2, 0.25) is 0 Å². The lowest BCUT2D eigenvalue weighted by atomic mass is 10.5. The number of nitrogen functional groups attached to an aromatic ring is 1. The second-order valence-corrected chi connectivity index (χ2v) is 4.83. The molecule has 1 unspecified atom stereocenters. The molecule has 6 nitrogen and oxygen atoms in total. The van der Waals surface area contributed by atoms with E-state index < -0.39 is 15.1 Å². The van der Waals surface area contributed by atoms with Crippen LogP contribution in [-0.2, 0) is 9.84 Å². The van der Waals surface area contributed by atoms with Crippen LogP contribution in [0.3, 0.4) is 0 Å². The molecule has 0 aliphatic heterocycles. The van der Waals surface area contributed by atoms with Crippen LogP contribution in [0.4, 0.5) is 5.95 Å². The highest BCUT2D eigenvalue weighted by Gasteiger charge is 2.23. The molecule has 1 aromatic heterocycles. The van der Waals surface area contributed by atoms with Crippen molar-refractivity contribution in [2.24, 2.45) is 0 Å². The first-order valence-electron chi connectivity index (χ1n) is 3.19. The lowest BCUT2D eigenvalue weighted by molar-refractivity contribution is 0.377. The van der Waals surface area contributed by atoms with Gasteiger partial charge >= 0.3 is 0 Å². The lowest BCUT2D eigenvalue weighted by Crippen LogP contribution is -2.07. The Morgan fingerprint density at radius 3 is 2.50 bits per heavy atom. The Morgan fingerprint density at radius 2 is 2.17 bits per heavy atom. The third kappa shape index (κ3) is 1.73. The first-order chi connectivity index (χ1) is 5.41.